The third kappa shape index (κ3) is 2.86. The summed E-state index contributed by atoms with van der Waals surface area (Å²) in [6, 6.07) is 1.29. The van der Waals surface area contributed by atoms with Gasteiger partial charge in [0, 0.05) is 34.6 Å². The molecule has 2 heterocycles. The number of rotatable bonds is 1. The van der Waals surface area contributed by atoms with Crippen LogP contribution in [0.25, 0.3) is 0 Å². The fourth-order valence-electron chi connectivity index (χ4n) is 7.33. The number of halogens is 1. The van der Waals surface area contributed by atoms with Gasteiger partial charge in [0.2, 0.25) is 5.91 Å². The summed E-state index contributed by atoms with van der Waals surface area (Å²) >= 11 is 3.53. The van der Waals surface area contributed by atoms with Gasteiger partial charge < -0.3 is 20.5 Å². The Morgan fingerprint density at radius 2 is 1.97 bits per heavy atom. The zero-order valence-corrected chi connectivity index (χ0v) is 21.3. The Morgan fingerprint density at radius 1 is 1.27 bits per heavy atom. The van der Waals surface area contributed by atoms with Crippen molar-refractivity contribution in [2.45, 2.75) is 78.2 Å². The van der Waals surface area contributed by atoms with Crippen molar-refractivity contribution in [3.63, 3.8) is 0 Å². The number of Topliss-reactive ketones (excluding diaryl/α,β-unsaturated/α-hetero) is 1. The Morgan fingerprint density at radius 3 is 2.64 bits per heavy atom. The van der Waals surface area contributed by atoms with Gasteiger partial charge in [0.25, 0.3) is 5.91 Å². The van der Waals surface area contributed by atoms with Crippen molar-refractivity contribution in [1.29, 1.82) is 0 Å². The summed E-state index contributed by atoms with van der Waals surface area (Å²) in [6.45, 7) is 9.85. The fraction of sp³-hybridized carbons (Fsp3) is 0.640. The van der Waals surface area contributed by atoms with Crippen LogP contribution in [0.4, 0.5) is 0 Å². The number of nitrogens with one attached hydrogen (secondary N) is 2. The average molecular weight is 519 g/mol. The molecule has 2 amide bonds. The number of aliphatic hydroxyl groups excluding tert-OH is 1. The van der Waals surface area contributed by atoms with Crippen LogP contribution in [0.5, 0.6) is 5.75 Å². The predicted molar refractivity (Wildman–Crippen MR) is 125 cm³/mol. The lowest BCUT2D eigenvalue weighted by Crippen LogP contribution is -2.73. The van der Waals surface area contributed by atoms with Crippen LogP contribution in [-0.2, 0) is 16.0 Å². The van der Waals surface area contributed by atoms with E-state index in [0.717, 1.165) is 18.4 Å². The van der Waals surface area contributed by atoms with E-state index in [0.29, 0.717) is 40.1 Å². The molecule has 178 valence electrons. The van der Waals surface area contributed by atoms with Gasteiger partial charge in [-0.05, 0) is 52.7 Å². The molecule has 0 unspecified atom stereocenters. The van der Waals surface area contributed by atoms with E-state index in [1.54, 1.807) is 0 Å². The van der Waals surface area contributed by atoms with Crippen LogP contribution < -0.4 is 15.4 Å². The Hall–Kier alpha value is -1.93. The van der Waals surface area contributed by atoms with Crippen molar-refractivity contribution in [2.75, 3.05) is 0 Å². The first kappa shape index (κ1) is 22.8. The minimum absolute atomic E-state index is 0.0394. The van der Waals surface area contributed by atoms with Crippen LogP contribution in [0.15, 0.2) is 10.5 Å². The summed E-state index contributed by atoms with van der Waals surface area (Å²) in [4.78, 5) is 38.0. The normalized spacial score (nSPS) is 38.3. The number of hydrogen-bond donors (Lipinski definition) is 3. The van der Waals surface area contributed by atoms with E-state index in [1.165, 1.54) is 6.92 Å². The summed E-state index contributed by atoms with van der Waals surface area (Å²) in [6.07, 6.45) is 1.75. The molecule has 0 saturated heterocycles. The maximum absolute atomic E-state index is 13.5. The van der Waals surface area contributed by atoms with Gasteiger partial charge in [-0.15, -0.1) is 0 Å². The fourth-order valence-corrected chi connectivity index (χ4v) is 8.00. The zero-order valence-electron chi connectivity index (χ0n) is 19.7. The first-order valence-electron chi connectivity index (χ1n) is 11.7. The highest BCUT2D eigenvalue weighted by Crippen LogP contribution is 2.66. The number of ether oxygens (including phenoxy) is 1. The maximum Gasteiger partial charge on any atom is 0.255 e. The third-order valence-corrected chi connectivity index (χ3v) is 9.79. The van der Waals surface area contributed by atoms with Gasteiger partial charge in [-0.1, -0.05) is 27.7 Å². The number of hydrogen-bond acceptors (Lipinski definition) is 5. The number of carbonyl (C=O) groups is 3. The number of fused-ring (bicyclic) bond motifs is 3. The van der Waals surface area contributed by atoms with E-state index in [-0.39, 0.29) is 28.9 Å². The monoisotopic (exact) mass is 518 g/mol. The summed E-state index contributed by atoms with van der Waals surface area (Å²) < 4.78 is 7.68. The van der Waals surface area contributed by atoms with Crippen LogP contribution in [0.2, 0.25) is 0 Å². The number of amides is 2. The van der Waals surface area contributed by atoms with Gasteiger partial charge in [-0.2, -0.15) is 0 Å². The first-order valence-corrected chi connectivity index (χ1v) is 12.5. The van der Waals surface area contributed by atoms with Gasteiger partial charge in [0.15, 0.2) is 12.0 Å². The molecular formula is C25H31BrN2O5. The summed E-state index contributed by atoms with van der Waals surface area (Å²) in [5.74, 6) is 0.264. The molecule has 1 aromatic carbocycles. The molecule has 3 N–H and O–H groups in total. The molecule has 0 radical (unpaired) electrons. The molecule has 7 nitrogen and oxygen atoms in total. The lowest BCUT2D eigenvalue weighted by Gasteiger charge is -2.66. The van der Waals surface area contributed by atoms with Crippen molar-refractivity contribution >= 4 is 33.5 Å². The summed E-state index contributed by atoms with van der Waals surface area (Å²) in [7, 11) is 0. The number of aliphatic hydroxyl groups is 1. The highest BCUT2D eigenvalue weighted by molar-refractivity contribution is 9.10. The smallest absolute Gasteiger partial charge is 0.255 e. The van der Waals surface area contributed by atoms with Crippen LogP contribution in [0.1, 0.15) is 81.6 Å². The summed E-state index contributed by atoms with van der Waals surface area (Å²) in [5.41, 5.74) is 0.0778. The molecule has 2 aliphatic heterocycles. The van der Waals surface area contributed by atoms with Gasteiger partial charge in [-0.3, -0.25) is 14.4 Å². The van der Waals surface area contributed by atoms with Crippen molar-refractivity contribution in [1.82, 2.24) is 10.6 Å². The summed E-state index contributed by atoms with van der Waals surface area (Å²) in [5, 5.41) is 16.2. The SMILES string of the molecule is CC(=O)N[C@@H]1C[C@@]23Oc4c(cc(Br)c5c4[C@@H](O)NC5=O)C[C@]2(C)[C@@H](C)CC[C@H]3C(C)(C)C1=O. The first-order chi connectivity index (χ1) is 15.3. The molecule has 33 heavy (non-hydrogen) atoms. The zero-order chi connectivity index (χ0) is 24.1. The van der Waals surface area contributed by atoms with E-state index in [4.69, 9.17) is 4.74 Å². The van der Waals surface area contributed by atoms with Crippen LogP contribution in [-0.4, -0.2) is 34.3 Å². The second-order valence-corrected chi connectivity index (χ2v) is 12.0. The Balaban J connectivity index is 1.74. The Bertz CT molecular complexity index is 1100. The van der Waals surface area contributed by atoms with Crippen LogP contribution >= 0.6 is 15.9 Å². The van der Waals surface area contributed by atoms with Crippen molar-refractivity contribution in [3.8, 4) is 5.75 Å². The molecule has 2 saturated carbocycles. The molecule has 8 heteroatoms. The molecule has 0 bridgehead atoms. The Kier molecular flexibility index (Phi) is 4.87. The van der Waals surface area contributed by atoms with E-state index < -0.39 is 23.3 Å². The van der Waals surface area contributed by atoms with Gasteiger partial charge in [0.1, 0.15) is 11.4 Å². The largest absolute Gasteiger partial charge is 0.485 e. The topological polar surface area (TPSA) is 105 Å². The number of ketones is 1. The van der Waals surface area contributed by atoms with Crippen molar-refractivity contribution in [3.05, 3.63) is 27.2 Å². The van der Waals surface area contributed by atoms with E-state index in [1.807, 2.05) is 19.9 Å². The molecule has 4 aliphatic rings. The second kappa shape index (κ2) is 7.04. The lowest BCUT2D eigenvalue weighted by atomic mass is 9.43. The molecule has 2 fully saturated rings. The predicted octanol–water partition coefficient (Wildman–Crippen LogP) is 3.41. The minimum Gasteiger partial charge on any atom is -0.485 e. The quantitative estimate of drug-likeness (QED) is 0.528. The van der Waals surface area contributed by atoms with Gasteiger partial charge in [-0.25, -0.2) is 0 Å². The van der Waals surface area contributed by atoms with E-state index >= 15 is 0 Å². The average Bonchev–Trinajstić information content (AvgIpc) is 3.01. The maximum atomic E-state index is 13.5. The van der Waals surface area contributed by atoms with Crippen LogP contribution in [0, 0.1) is 22.7 Å². The Labute approximate surface area is 202 Å². The number of carbonyl (C=O) groups excluding carboxylic acids is 3. The minimum atomic E-state index is -1.15. The van der Waals surface area contributed by atoms with E-state index in [2.05, 4.69) is 40.4 Å². The molecule has 0 aromatic heterocycles. The molecule has 5 rings (SSSR count). The molecule has 2 aliphatic carbocycles. The molecular weight excluding hydrogens is 488 g/mol. The van der Waals surface area contributed by atoms with Gasteiger partial charge in [0.05, 0.1) is 17.2 Å². The van der Waals surface area contributed by atoms with Crippen molar-refractivity contribution < 1.29 is 24.2 Å². The highest BCUT2D eigenvalue weighted by atomic mass is 79.9. The third-order valence-electron chi connectivity index (χ3n) is 9.17. The van der Waals surface area contributed by atoms with Crippen molar-refractivity contribution in [2.24, 2.45) is 22.7 Å². The number of benzene rings is 1. The van der Waals surface area contributed by atoms with Crippen LogP contribution in [0.3, 0.4) is 0 Å². The molecule has 1 aromatic rings. The van der Waals surface area contributed by atoms with E-state index in [9.17, 15) is 19.5 Å². The second-order valence-electron chi connectivity index (χ2n) is 11.2. The standard InChI is InChI=1S/C25H31BrN2O5/c1-11-6-7-16-23(3,4)20(30)15(27-12(2)29)10-25(16)24(11,5)9-13-8-14(26)17-18(19(13)33-25)22(32)28-21(17)31/h8,11,15-16,22,32H,6-7,9-10H2,1-5H3,(H,27,29)(H,28,31)/t11-,15+,16-,22+,24+,25-/m0/s1. The highest BCUT2D eigenvalue weighted by Gasteiger charge is 2.70. The molecule has 6 atom stereocenters. The molecule has 1 spiro atoms. The lowest BCUT2D eigenvalue weighted by molar-refractivity contribution is -0.213. The van der Waals surface area contributed by atoms with Gasteiger partial charge >= 0.3 is 0 Å².